The van der Waals surface area contributed by atoms with Crippen LogP contribution in [0.25, 0.3) is 0 Å². The molecule has 0 bridgehead atoms. The fourth-order valence-corrected chi connectivity index (χ4v) is 2.97. The molecule has 0 atom stereocenters. The Bertz CT molecular complexity index is 608. The van der Waals surface area contributed by atoms with Crippen molar-refractivity contribution in [1.29, 1.82) is 0 Å². The topological polar surface area (TPSA) is 113 Å². The molecule has 8 heteroatoms. The van der Waals surface area contributed by atoms with E-state index in [1.807, 2.05) is 6.92 Å². The molecular formula is C15H19N3O5. The summed E-state index contributed by atoms with van der Waals surface area (Å²) in [5.74, 6) is -1.05. The standard InChI is InChI=1S/C15H19N3O5/c1-15(8-2-3-9-15)17(10-13(19)16-21)14(20)11-4-6-12(7-5-11)18(22)23/h4-7,21H,2-3,8-10H2,1H3,(H,16,19). The summed E-state index contributed by atoms with van der Waals surface area (Å²) in [5, 5.41) is 19.4. The molecule has 0 heterocycles. The van der Waals surface area contributed by atoms with Crippen molar-refractivity contribution < 1.29 is 19.7 Å². The second kappa shape index (κ2) is 6.74. The van der Waals surface area contributed by atoms with Crippen molar-refractivity contribution in [3.63, 3.8) is 0 Å². The molecule has 0 aliphatic heterocycles. The van der Waals surface area contributed by atoms with Gasteiger partial charge < -0.3 is 4.90 Å². The lowest BCUT2D eigenvalue weighted by Crippen LogP contribution is -2.52. The monoisotopic (exact) mass is 321 g/mol. The van der Waals surface area contributed by atoms with Crippen molar-refractivity contribution >= 4 is 17.5 Å². The maximum absolute atomic E-state index is 12.8. The van der Waals surface area contributed by atoms with E-state index < -0.39 is 16.4 Å². The minimum atomic E-state index is -0.673. The van der Waals surface area contributed by atoms with Crippen molar-refractivity contribution in [2.24, 2.45) is 0 Å². The molecule has 0 radical (unpaired) electrons. The summed E-state index contributed by atoms with van der Waals surface area (Å²) in [7, 11) is 0. The Labute approximate surface area is 133 Å². The molecule has 1 aliphatic carbocycles. The first kappa shape index (κ1) is 16.9. The molecule has 1 aromatic carbocycles. The van der Waals surface area contributed by atoms with Crippen LogP contribution in [0, 0.1) is 10.1 Å². The van der Waals surface area contributed by atoms with Gasteiger partial charge in [-0.05, 0) is 31.9 Å². The first-order valence-electron chi connectivity index (χ1n) is 7.37. The first-order valence-corrected chi connectivity index (χ1v) is 7.37. The minimum absolute atomic E-state index is 0.103. The van der Waals surface area contributed by atoms with E-state index >= 15 is 0 Å². The average Bonchev–Trinajstić information content (AvgIpc) is 2.99. The minimum Gasteiger partial charge on any atom is -0.324 e. The molecular weight excluding hydrogens is 302 g/mol. The highest BCUT2D eigenvalue weighted by Crippen LogP contribution is 2.35. The number of nitro groups is 1. The predicted octanol–water partition coefficient (Wildman–Crippen LogP) is 1.88. The summed E-state index contributed by atoms with van der Waals surface area (Å²) in [5.41, 5.74) is 1.25. The summed E-state index contributed by atoms with van der Waals surface area (Å²) in [6.07, 6.45) is 3.46. The smallest absolute Gasteiger partial charge is 0.269 e. The number of rotatable bonds is 5. The molecule has 124 valence electrons. The summed E-state index contributed by atoms with van der Waals surface area (Å²) in [6.45, 7) is 1.65. The number of benzene rings is 1. The molecule has 2 N–H and O–H groups in total. The Balaban J connectivity index is 2.28. The van der Waals surface area contributed by atoms with Crippen LogP contribution in [0.2, 0.25) is 0 Å². The molecule has 8 nitrogen and oxygen atoms in total. The molecule has 1 aromatic rings. The van der Waals surface area contributed by atoms with E-state index in [0.717, 1.165) is 25.7 Å². The SMILES string of the molecule is CC1(N(CC(=O)NO)C(=O)c2ccc([N+](=O)[O-])cc2)CCCC1. The number of non-ortho nitro benzene ring substituents is 1. The van der Waals surface area contributed by atoms with Gasteiger partial charge in [0.15, 0.2) is 0 Å². The fraction of sp³-hybridized carbons (Fsp3) is 0.467. The lowest BCUT2D eigenvalue weighted by Gasteiger charge is -2.38. The van der Waals surface area contributed by atoms with E-state index in [4.69, 9.17) is 5.21 Å². The van der Waals surface area contributed by atoms with Gasteiger partial charge in [-0.3, -0.25) is 24.9 Å². The number of nitro benzene ring substituents is 1. The van der Waals surface area contributed by atoms with Crippen LogP contribution in [0.15, 0.2) is 24.3 Å². The zero-order valence-electron chi connectivity index (χ0n) is 12.8. The Morgan fingerprint density at radius 2 is 1.87 bits per heavy atom. The molecule has 2 amide bonds. The highest BCUT2D eigenvalue weighted by Gasteiger charge is 2.39. The van der Waals surface area contributed by atoms with Crippen LogP contribution in [-0.4, -0.2) is 38.9 Å². The maximum Gasteiger partial charge on any atom is 0.269 e. The predicted molar refractivity (Wildman–Crippen MR) is 80.9 cm³/mol. The van der Waals surface area contributed by atoms with E-state index in [1.54, 1.807) is 5.48 Å². The van der Waals surface area contributed by atoms with Gasteiger partial charge in [-0.1, -0.05) is 12.8 Å². The lowest BCUT2D eigenvalue weighted by molar-refractivity contribution is -0.384. The number of nitrogens with one attached hydrogen (secondary N) is 1. The highest BCUT2D eigenvalue weighted by molar-refractivity contribution is 5.97. The van der Waals surface area contributed by atoms with Gasteiger partial charge in [-0.15, -0.1) is 0 Å². The van der Waals surface area contributed by atoms with Crippen LogP contribution in [0.1, 0.15) is 43.0 Å². The van der Waals surface area contributed by atoms with Gasteiger partial charge in [0.2, 0.25) is 0 Å². The van der Waals surface area contributed by atoms with Gasteiger partial charge in [0.25, 0.3) is 17.5 Å². The van der Waals surface area contributed by atoms with Crippen molar-refractivity contribution in [3.8, 4) is 0 Å². The van der Waals surface area contributed by atoms with E-state index in [-0.39, 0.29) is 23.7 Å². The first-order chi connectivity index (χ1) is 10.9. The lowest BCUT2D eigenvalue weighted by atomic mass is 9.96. The van der Waals surface area contributed by atoms with Crippen LogP contribution in [0.4, 0.5) is 5.69 Å². The van der Waals surface area contributed by atoms with Gasteiger partial charge in [-0.25, -0.2) is 5.48 Å². The van der Waals surface area contributed by atoms with Gasteiger partial charge >= 0.3 is 0 Å². The van der Waals surface area contributed by atoms with E-state index in [9.17, 15) is 19.7 Å². The average molecular weight is 321 g/mol. The summed E-state index contributed by atoms with van der Waals surface area (Å²) >= 11 is 0. The summed E-state index contributed by atoms with van der Waals surface area (Å²) < 4.78 is 0. The highest BCUT2D eigenvalue weighted by atomic mass is 16.6. The van der Waals surface area contributed by atoms with Crippen LogP contribution >= 0.6 is 0 Å². The van der Waals surface area contributed by atoms with Crippen LogP contribution in [0.5, 0.6) is 0 Å². The van der Waals surface area contributed by atoms with Gasteiger partial charge in [0, 0.05) is 23.2 Å². The molecule has 2 rings (SSSR count). The Hall–Kier alpha value is -2.48. The molecule has 1 saturated carbocycles. The Morgan fingerprint density at radius 1 is 1.30 bits per heavy atom. The summed E-state index contributed by atoms with van der Waals surface area (Å²) in [4.78, 5) is 35.9. The van der Waals surface area contributed by atoms with Gasteiger partial charge in [0.1, 0.15) is 6.54 Å². The van der Waals surface area contributed by atoms with E-state index in [0.29, 0.717) is 0 Å². The normalized spacial score (nSPS) is 15.9. The molecule has 23 heavy (non-hydrogen) atoms. The third kappa shape index (κ3) is 3.65. The summed E-state index contributed by atoms with van der Waals surface area (Å²) in [6, 6.07) is 5.27. The van der Waals surface area contributed by atoms with Crippen molar-refractivity contribution in [2.75, 3.05) is 6.54 Å². The number of carbonyl (C=O) groups excluding carboxylic acids is 2. The Morgan fingerprint density at radius 3 is 2.35 bits per heavy atom. The third-order valence-electron chi connectivity index (χ3n) is 4.33. The molecule has 1 fully saturated rings. The number of carbonyl (C=O) groups is 2. The van der Waals surface area contributed by atoms with E-state index in [2.05, 4.69) is 0 Å². The van der Waals surface area contributed by atoms with Crippen LogP contribution in [-0.2, 0) is 4.79 Å². The molecule has 1 aliphatic rings. The third-order valence-corrected chi connectivity index (χ3v) is 4.33. The van der Waals surface area contributed by atoms with Crippen molar-refractivity contribution in [2.45, 2.75) is 38.1 Å². The van der Waals surface area contributed by atoms with Crippen molar-refractivity contribution in [1.82, 2.24) is 10.4 Å². The Kier molecular flexibility index (Phi) is 4.95. The molecule has 0 unspecified atom stereocenters. The van der Waals surface area contributed by atoms with Gasteiger partial charge in [-0.2, -0.15) is 0 Å². The zero-order valence-corrected chi connectivity index (χ0v) is 12.8. The van der Waals surface area contributed by atoms with Crippen molar-refractivity contribution in [3.05, 3.63) is 39.9 Å². The number of hydrogen-bond donors (Lipinski definition) is 2. The maximum atomic E-state index is 12.8. The largest absolute Gasteiger partial charge is 0.324 e. The second-order valence-corrected chi connectivity index (χ2v) is 5.93. The molecule has 0 spiro atoms. The number of hydrogen-bond acceptors (Lipinski definition) is 5. The second-order valence-electron chi connectivity index (χ2n) is 5.93. The molecule has 0 saturated heterocycles. The number of hydroxylamine groups is 1. The van der Waals surface area contributed by atoms with Crippen LogP contribution in [0.3, 0.4) is 0 Å². The fourth-order valence-electron chi connectivity index (χ4n) is 2.97. The molecule has 0 aromatic heterocycles. The number of amides is 2. The number of nitrogens with zero attached hydrogens (tertiary/aromatic N) is 2. The zero-order chi connectivity index (χ0) is 17.0. The van der Waals surface area contributed by atoms with Crippen LogP contribution < -0.4 is 5.48 Å². The quantitative estimate of drug-likeness (QED) is 0.488. The van der Waals surface area contributed by atoms with E-state index in [1.165, 1.54) is 29.2 Å². The van der Waals surface area contributed by atoms with Gasteiger partial charge in [0.05, 0.1) is 4.92 Å².